The van der Waals surface area contributed by atoms with Crippen LogP contribution in [0.15, 0.2) is 0 Å². The summed E-state index contributed by atoms with van der Waals surface area (Å²) in [6.07, 6.45) is 6.50. The summed E-state index contributed by atoms with van der Waals surface area (Å²) < 4.78 is 5.55. The molecular weight excluding hydrogens is 250 g/mol. The van der Waals surface area contributed by atoms with Gasteiger partial charge in [-0.3, -0.25) is 4.79 Å². The molecule has 0 aromatic carbocycles. The van der Waals surface area contributed by atoms with E-state index in [9.17, 15) is 4.79 Å². The molecule has 5 nitrogen and oxygen atoms in total. The van der Waals surface area contributed by atoms with Crippen molar-refractivity contribution in [1.82, 2.24) is 10.2 Å². The SMILES string of the molecule is O=C(Nc1nnc(C2CCCO2)s1)C1CCCC1. The van der Waals surface area contributed by atoms with Crippen LogP contribution in [-0.2, 0) is 9.53 Å². The Balaban J connectivity index is 1.60. The Morgan fingerprint density at radius 1 is 1.22 bits per heavy atom. The number of carbonyl (C=O) groups excluding carboxylic acids is 1. The fraction of sp³-hybridized carbons (Fsp3) is 0.750. The van der Waals surface area contributed by atoms with E-state index in [0.717, 1.165) is 50.1 Å². The quantitative estimate of drug-likeness (QED) is 0.914. The van der Waals surface area contributed by atoms with E-state index in [0.29, 0.717) is 5.13 Å². The van der Waals surface area contributed by atoms with Crippen molar-refractivity contribution in [2.24, 2.45) is 5.92 Å². The van der Waals surface area contributed by atoms with Gasteiger partial charge in [0.1, 0.15) is 11.1 Å². The van der Waals surface area contributed by atoms with E-state index in [-0.39, 0.29) is 17.9 Å². The van der Waals surface area contributed by atoms with Crippen LogP contribution in [0, 0.1) is 5.92 Å². The fourth-order valence-corrected chi connectivity index (χ4v) is 3.41. The minimum atomic E-state index is 0.0830. The number of nitrogens with zero attached hydrogens (tertiary/aromatic N) is 2. The zero-order valence-corrected chi connectivity index (χ0v) is 11.0. The van der Waals surface area contributed by atoms with E-state index in [4.69, 9.17) is 4.74 Å². The van der Waals surface area contributed by atoms with Crippen LogP contribution in [0.25, 0.3) is 0 Å². The molecule has 1 aliphatic carbocycles. The van der Waals surface area contributed by atoms with E-state index in [1.807, 2.05) is 0 Å². The van der Waals surface area contributed by atoms with E-state index in [2.05, 4.69) is 15.5 Å². The summed E-state index contributed by atoms with van der Waals surface area (Å²) in [6, 6.07) is 0. The molecule has 1 aromatic heterocycles. The number of nitrogens with one attached hydrogen (secondary N) is 1. The van der Waals surface area contributed by atoms with Crippen LogP contribution in [-0.4, -0.2) is 22.7 Å². The molecule has 1 amide bonds. The van der Waals surface area contributed by atoms with Crippen molar-refractivity contribution in [2.45, 2.75) is 44.6 Å². The van der Waals surface area contributed by atoms with Crippen molar-refractivity contribution in [3.05, 3.63) is 5.01 Å². The lowest BCUT2D eigenvalue weighted by atomic mass is 10.1. The zero-order chi connectivity index (χ0) is 12.4. The Kier molecular flexibility index (Phi) is 3.56. The smallest absolute Gasteiger partial charge is 0.229 e. The molecular formula is C12H17N3O2S. The molecule has 1 saturated heterocycles. The predicted molar refractivity (Wildman–Crippen MR) is 68.4 cm³/mol. The van der Waals surface area contributed by atoms with Crippen LogP contribution in [0.1, 0.15) is 49.6 Å². The highest BCUT2D eigenvalue weighted by Crippen LogP contribution is 2.32. The van der Waals surface area contributed by atoms with Gasteiger partial charge in [0.05, 0.1) is 0 Å². The van der Waals surface area contributed by atoms with Crippen molar-refractivity contribution < 1.29 is 9.53 Å². The number of carbonyl (C=O) groups is 1. The van der Waals surface area contributed by atoms with Crippen LogP contribution in [0.5, 0.6) is 0 Å². The lowest BCUT2D eigenvalue weighted by Gasteiger charge is -2.07. The largest absolute Gasteiger partial charge is 0.371 e. The zero-order valence-electron chi connectivity index (χ0n) is 10.2. The number of ether oxygens (including phenoxy) is 1. The van der Waals surface area contributed by atoms with Crippen LogP contribution in [0.4, 0.5) is 5.13 Å². The first-order chi connectivity index (χ1) is 8.83. The summed E-state index contributed by atoms with van der Waals surface area (Å²) >= 11 is 1.44. The fourth-order valence-electron chi connectivity index (χ4n) is 2.58. The lowest BCUT2D eigenvalue weighted by molar-refractivity contribution is -0.119. The molecule has 1 aliphatic heterocycles. The van der Waals surface area contributed by atoms with Gasteiger partial charge in [0, 0.05) is 12.5 Å². The van der Waals surface area contributed by atoms with Crippen molar-refractivity contribution in [3.63, 3.8) is 0 Å². The number of aromatic nitrogens is 2. The minimum Gasteiger partial charge on any atom is -0.371 e. The third-order valence-electron chi connectivity index (χ3n) is 3.60. The second kappa shape index (κ2) is 5.32. The molecule has 3 rings (SSSR count). The van der Waals surface area contributed by atoms with Crippen LogP contribution >= 0.6 is 11.3 Å². The van der Waals surface area contributed by atoms with Gasteiger partial charge in [-0.05, 0) is 25.7 Å². The maximum absolute atomic E-state index is 11.9. The molecule has 1 N–H and O–H groups in total. The molecule has 2 aliphatic rings. The monoisotopic (exact) mass is 267 g/mol. The van der Waals surface area contributed by atoms with Gasteiger partial charge in [0.15, 0.2) is 0 Å². The van der Waals surface area contributed by atoms with Crippen molar-refractivity contribution in [1.29, 1.82) is 0 Å². The summed E-state index contributed by atoms with van der Waals surface area (Å²) in [5.41, 5.74) is 0. The molecule has 1 saturated carbocycles. The maximum atomic E-state index is 11.9. The van der Waals surface area contributed by atoms with Gasteiger partial charge < -0.3 is 10.1 Å². The van der Waals surface area contributed by atoms with E-state index in [1.54, 1.807) is 0 Å². The molecule has 2 fully saturated rings. The third kappa shape index (κ3) is 2.54. The summed E-state index contributed by atoms with van der Waals surface area (Å²) in [7, 11) is 0. The van der Waals surface area contributed by atoms with E-state index in [1.165, 1.54) is 11.3 Å². The van der Waals surface area contributed by atoms with Crippen LogP contribution in [0.3, 0.4) is 0 Å². The molecule has 1 unspecified atom stereocenters. The standard InChI is InChI=1S/C12H17N3O2S/c16-10(8-4-1-2-5-8)13-12-15-14-11(18-12)9-6-3-7-17-9/h8-9H,1-7H2,(H,13,15,16). The van der Waals surface area contributed by atoms with E-state index < -0.39 is 0 Å². The Labute approximate surface area is 110 Å². The summed E-state index contributed by atoms with van der Waals surface area (Å²) in [6.45, 7) is 0.800. The second-order valence-electron chi connectivity index (χ2n) is 4.92. The summed E-state index contributed by atoms with van der Waals surface area (Å²) in [4.78, 5) is 11.9. The molecule has 18 heavy (non-hydrogen) atoms. The number of hydrogen-bond acceptors (Lipinski definition) is 5. The highest BCUT2D eigenvalue weighted by atomic mass is 32.1. The van der Waals surface area contributed by atoms with Crippen molar-refractivity contribution >= 4 is 22.4 Å². The van der Waals surface area contributed by atoms with Gasteiger partial charge >= 0.3 is 0 Å². The van der Waals surface area contributed by atoms with Gasteiger partial charge in [-0.15, -0.1) is 10.2 Å². The maximum Gasteiger partial charge on any atom is 0.229 e. The molecule has 0 spiro atoms. The third-order valence-corrected chi connectivity index (χ3v) is 4.53. The number of rotatable bonds is 3. The average Bonchev–Trinajstić information content (AvgIpc) is 3.12. The van der Waals surface area contributed by atoms with Crippen molar-refractivity contribution in [2.75, 3.05) is 11.9 Å². The first-order valence-electron chi connectivity index (χ1n) is 6.59. The highest BCUT2D eigenvalue weighted by Gasteiger charge is 2.25. The van der Waals surface area contributed by atoms with Gasteiger partial charge in [0.25, 0.3) is 0 Å². The summed E-state index contributed by atoms with van der Waals surface area (Å²) in [5, 5.41) is 12.5. The van der Waals surface area contributed by atoms with Crippen molar-refractivity contribution in [3.8, 4) is 0 Å². The topological polar surface area (TPSA) is 64.1 Å². The molecule has 2 heterocycles. The second-order valence-corrected chi connectivity index (χ2v) is 5.93. The van der Waals surface area contributed by atoms with Gasteiger partial charge in [-0.1, -0.05) is 24.2 Å². The van der Waals surface area contributed by atoms with E-state index >= 15 is 0 Å². The molecule has 1 aromatic rings. The first-order valence-corrected chi connectivity index (χ1v) is 7.40. The lowest BCUT2D eigenvalue weighted by Crippen LogP contribution is -2.20. The molecule has 1 atom stereocenters. The molecule has 6 heteroatoms. The number of anilines is 1. The number of hydrogen-bond donors (Lipinski definition) is 1. The Bertz CT molecular complexity index is 423. The van der Waals surface area contributed by atoms with Gasteiger partial charge in [-0.2, -0.15) is 0 Å². The Morgan fingerprint density at radius 2 is 2.06 bits per heavy atom. The Hall–Kier alpha value is -1.01. The van der Waals surface area contributed by atoms with Gasteiger partial charge in [0.2, 0.25) is 11.0 Å². The highest BCUT2D eigenvalue weighted by molar-refractivity contribution is 7.15. The Morgan fingerprint density at radius 3 is 2.78 bits per heavy atom. The first kappa shape index (κ1) is 12.0. The normalized spacial score (nSPS) is 24.6. The predicted octanol–water partition coefficient (Wildman–Crippen LogP) is 2.52. The minimum absolute atomic E-state index is 0.0830. The number of amides is 1. The molecule has 0 bridgehead atoms. The van der Waals surface area contributed by atoms with Gasteiger partial charge in [-0.25, -0.2) is 0 Å². The van der Waals surface area contributed by atoms with Crippen LogP contribution in [0.2, 0.25) is 0 Å². The van der Waals surface area contributed by atoms with Crippen LogP contribution < -0.4 is 5.32 Å². The molecule has 0 radical (unpaired) electrons. The molecule has 98 valence electrons. The average molecular weight is 267 g/mol. The summed E-state index contributed by atoms with van der Waals surface area (Å²) in [5.74, 6) is 0.266.